The Morgan fingerprint density at radius 2 is 1.79 bits per heavy atom. The predicted octanol–water partition coefficient (Wildman–Crippen LogP) is 3.63. The van der Waals surface area contributed by atoms with Gasteiger partial charge in [-0.3, -0.25) is 4.90 Å². The highest BCUT2D eigenvalue weighted by Crippen LogP contribution is 2.15. The highest BCUT2D eigenvalue weighted by molar-refractivity contribution is 5.79. The molecule has 160 valence electrons. The minimum Gasteiger partial charge on any atom is -0.396 e. The van der Waals surface area contributed by atoms with E-state index in [1.165, 1.54) is 11.1 Å². The van der Waals surface area contributed by atoms with Gasteiger partial charge in [0.1, 0.15) is 0 Å². The Kier molecular flexibility index (Phi) is 11.8. The van der Waals surface area contributed by atoms with E-state index >= 15 is 0 Å². The highest BCUT2D eigenvalue weighted by atomic mass is 16.3. The van der Waals surface area contributed by atoms with Crippen LogP contribution in [-0.2, 0) is 13.1 Å². The lowest BCUT2D eigenvalue weighted by molar-refractivity contribution is 0.243. The lowest BCUT2D eigenvalue weighted by atomic mass is 9.94. The van der Waals surface area contributed by atoms with Gasteiger partial charge in [-0.25, -0.2) is 4.99 Å². The number of hydrogen-bond acceptors (Lipinski definition) is 3. The fourth-order valence-corrected chi connectivity index (χ4v) is 3.22. The Morgan fingerprint density at radius 3 is 2.36 bits per heavy atom. The Hall–Kier alpha value is -1.59. The number of nitrogens with one attached hydrogen (secondary N) is 2. The Morgan fingerprint density at radius 1 is 1.11 bits per heavy atom. The lowest BCUT2D eigenvalue weighted by Crippen LogP contribution is -2.40. The first-order chi connectivity index (χ1) is 13.4. The topological polar surface area (TPSA) is 59.9 Å². The van der Waals surface area contributed by atoms with Gasteiger partial charge in [-0.1, -0.05) is 38.1 Å². The minimum atomic E-state index is 0.240. The van der Waals surface area contributed by atoms with E-state index in [1.807, 2.05) is 0 Å². The van der Waals surface area contributed by atoms with Crippen LogP contribution < -0.4 is 10.6 Å². The molecule has 1 unspecified atom stereocenters. The first-order valence-electron chi connectivity index (χ1n) is 10.8. The van der Waals surface area contributed by atoms with E-state index < -0.39 is 0 Å². The number of nitrogens with zero attached hydrogens (tertiary/aromatic N) is 2. The van der Waals surface area contributed by atoms with Crippen LogP contribution >= 0.6 is 0 Å². The average molecular weight is 391 g/mol. The molecule has 0 aliphatic heterocycles. The summed E-state index contributed by atoms with van der Waals surface area (Å²) in [6, 6.07) is 9.07. The number of rotatable bonds is 12. The molecule has 0 saturated carbocycles. The fraction of sp³-hybridized carbons (Fsp3) is 0.696. The van der Waals surface area contributed by atoms with E-state index in [0.717, 1.165) is 38.4 Å². The molecule has 5 nitrogen and oxygen atoms in total. The van der Waals surface area contributed by atoms with E-state index in [-0.39, 0.29) is 6.61 Å². The van der Waals surface area contributed by atoms with Crippen molar-refractivity contribution in [3.05, 3.63) is 35.4 Å². The third-order valence-corrected chi connectivity index (χ3v) is 5.07. The Bertz CT molecular complexity index is 571. The smallest absolute Gasteiger partial charge is 0.191 e. The van der Waals surface area contributed by atoms with Gasteiger partial charge >= 0.3 is 0 Å². The van der Waals surface area contributed by atoms with Crippen LogP contribution in [0.15, 0.2) is 29.3 Å². The normalized spacial score (nSPS) is 13.4. The first kappa shape index (κ1) is 24.4. The molecule has 0 aliphatic rings. The molecule has 28 heavy (non-hydrogen) atoms. The number of aliphatic hydroxyl groups is 1. The van der Waals surface area contributed by atoms with Crippen LogP contribution in [-0.4, -0.2) is 48.8 Å². The number of aliphatic imine (C=N–C) groups is 1. The molecule has 5 heteroatoms. The second kappa shape index (κ2) is 13.6. The second-order valence-electron chi connectivity index (χ2n) is 8.36. The van der Waals surface area contributed by atoms with E-state index in [0.29, 0.717) is 24.4 Å². The Labute approximate surface area is 172 Å². The maximum atomic E-state index is 9.33. The molecule has 1 aromatic carbocycles. The van der Waals surface area contributed by atoms with Crippen LogP contribution in [0.4, 0.5) is 0 Å². The van der Waals surface area contributed by atoms with E-state index in [4.69, 9.17) is 4.99 Å². The van der Waals surface area contributed by atoms with Crippen molar-refractivity contribution in [3.8, 4) is 0 Å². The van der Waals surface area contributed by atoms with Gasteiger partial charge in [-0.15, -0.1) is 0 Å². The number of hydrogen-bond donors (Lipinski definition) is 3. The van der Waals surface area contributed by atoms with Crippen LogP contribution in [0.25, 0.3) is 0 Å². The van der Waals surface area contributed by atoms with Gasteiger partial charge in [0.05, 0.1) is 6.54 Å². The largest absolute Gasteiger partial charge is 0.396 e. The molecule has 1 atom stereocenters. The van der Waals surface area contributed by atoms with Crippen LogP contribution in [0, 0.1) is 11.8 Å². The molecule has 0 bridgehead atoms. The van der Waals surface area contributed by atoms with Gasteiger partial charge in [0, 0.05) is 32.3 Å². The molecular formula is C23H42N4O. The standard InChI is InChI=1S/C23H42N4O/c1-7-24-23(25-15-20(12-13-28)14-18(2)3)26-16-21-10-8-9-11-22(21)17-27(6)19(4)5/h8-11,18-20,28H,7,12-17H2,1-6H3,(H2,24,25,26). The van der Waals surface area contributed by atoms with Gasteiger partial charge in [0.25, 0.3) is 0 Å². The van der Waals surface area contributed by atoms with Crippen molar-refractivity contribution in [2.24, 2.45) is 16.8 Å². The summed E-state index contributed by atoms with van der Waals surface area (Å²) in [5, 5.41) is 16.2. The molecular weight excluding hydrogens is 348 g/mol. The monoisotopic (exact) mass is 390 g/mol. The number of benzene rings is 1. The zero-order valence-corrected chi connectivity index (χ0v) is 18.8. The van der Waals surface area contributed by atoms with E-state index in [9.17, 15) is 5.11 Å². The summed E-state index contributed by atoms with van der Waals surface area (Å²) in [6.07, 6.45) is 1.94. The average Bonchev–Trinajstić information content (AvgIpc) is 2.64. The van der Waals surface area contributed by atoms with Crippen molar-refractivity contribution < 1.29 is 5.11 Å². The molecule has 0 saturated heterocycles. The lowest BCUT2D eigenvalue weighted by Gasteiger charge is -2.22. The van der Waals surface area contributed by atoms with E-state index in [1.54, 1.807) is 0 Å². The summed E-state index contributed by atoms with van der Waals surface area (Å²) < 4.78 is 0. The Balaban J connectivity index is 2.79. The van der Waals surface area contributed by atoms with Crippen LogP contribution in [0.3, 0.4) is 0 Å². The molecule has 0 radical (unpaired) electrons. The van der Waals surface area contributed by atoms with Gasteiger partial charge in [-0.2, -0.15) is 0 Å². The van der Waals surface area contributed by atoms with Gasteiger partial charge in [0.15, 0.2) is 5.96 Å². The summed E-state index contributed by atoms with van der Waals surface area (Å²) in [5.41, 5.74) is 2.59. The molecule has 3 N–H and O–H groups in total. The maximum Gasteiger partial charge on any atom is 0.191 e. The van der Waals surface area contributed by atoms with Crippen molar-refractivity contribution in [1.29, 1.82) is 0 Å². The predicted molar refractivity (Wildman–Crippen MR) is 121 cm³/mol. The quantitative estimate of drug-likeness (QED) is 0.377. The van der Waals surface area contributed by atoms with Crippen LogP contribution in [0.2, 0.25) is 0 Å². The number of aliphatic hydroxyl groups excluding tert-OH is 1. The highest BCUT2D eigenvalue weighted by Gasteiger charge is 2.12. The van der Waals surface area contributed by atoms with Crippen molar-refractivity contribution in [2.45, 2.75) is 66.6 Å². The summed E-state index contributed by atoms with van der Waals surface area (Å²) in [7, 11) is 2.16. The third kappa shape index (κ3) is 9.56. The summed E-state index contributed by atoms with van der Waals surface area (Å²) in [6.45, 7) is 14.5. The zero-order chi connectivity index (χ0) is 20.9. The summed E-state index contributed by atoms with van der Waals surface area (Å²) in [5.74, 6) is 1.93. The second-order valence-corrected chi connectivity index (χ2v) is 8.36. The molecule has 0 aromatic heterocycles. The number of guanidine groups is 1. The maximum absolute atomic E-state index is 9.33. The van der Waals surface area contributed by atoms with Crippen LogP contribution in [0.5, 0.6) is 0 Å². The van der Waals surface area contributed by atoms with Crippen molar-refractivity contribution in [2.75, 3.05) is 26.7 Å². The molecule has 1 aromatic rings. The molecule has 0 heterocycles. The first-order valence-corrected chi connectivity index (χ1v) is 10.8. The molecule has 0 spiro atoms. The molecule has 0 aliphatic carbocycles. The van der Waals surface area contributed by atoms with Gasteiger partial charge in [-0.05, 0) is 63.6 Å². The molecule has 0 amide bonds. The van der Waals surface area contributed by atoms with Crippen molar-refractivity contribution >= 4 is 5.96 Å². The summed E-state index contributed by atoms with van der Waals surface area (Å²) >= 11 is 0. The zero-order valence-electron chi connectivity index (χ0n) is 18.8. The van der Waals surface area contributed by atoms with E-state index in [2.05, 4.69) is 81.5 Å². The molecule has 1 rings (SSSR count). The summed E-state index contributed by atoms with van der Waals surface area (Å²) in [4.78, 5) is 7.17. The SMILES string of the molecule is CCNC(=NCc1ccccc1CN(C)C(C)C)NCC(CCO)CC(C)C. The van der Waals surface area contributed by atoms with Crippen LogP contribution in [0.1, 0.15) is 58.6 Å². The van der Waals surface area contributed by atoms with Gasteiger partial charge < -0.3 is 15.7 Å². The van der Waals surface area contributed by atoms with Gasteiger partial charge in [0.2, 0.25) is 0 Å². The third-order valence-electron chi connectivity index (χ3n) is 5.07. The molecule has 0 fully saturated rings. The van der Waals surface area contributed by atoms with Crippen molar-refractivity contribution in [1.82, 2.24) is 15.5 Å². The minimum absolute atomic E-state index is 0.240. The fourth-order valence-electron chi connectivity index (χ4n) is 3.22. The van der Waals surface area contributed by atoms with Crippen molar-refractivity contribution in [3.63, 3.8) is 0 Å².